The van der Waals surface area contributed by atoms with Crippen LogP contribution in [-0.2, 0) is 6.54 Å². The van der Waals surface area contributed by atoms with E-state index in [1.165, 1.54) is 35.5 Å². The molecule has 2 heterocycles. The van der Waals surface area contributed by atoms with Crippen LogP contribution >= 0.6 is 11.3 Å². The van der Waals surface area contributed by atoms with Crippen molar-refractivity contribution in [3.05, 3.63) is 29.3 Å². The Morgan fingerprint density at radius 2 is 2.19 bits per heavy atom. The number of rotatable bonds is 5. The Labute approximate surface area is 131 Å². The molecule has 0 saturated carbocycles. The monoisotopic (exact) mass is 303 g/mol. The molecule has 1 unspecified atom stereocenters. The van der Waals surface area contributed by atoms with Gasteiger partial charge in [0.15, 0.2) is 0 Å². The van der Waals surface area contributed by atoms with E-state index in [0.29, 0.717) is 12.1 Å². The summed E-state index contributed by atoms with van der Waals surface area (Å²) >= 11 is 1.83. The van der Waals surface area contributed by atoms with Crippen molar-refractivity contribution < 1.29 is 0 Å². The summed E-state index contributed by atoms with van der Waals surface area (Å²) in [5.74, 6) is 0. The molecule has 1 aliphatic heterocycles. The van der Waals surface area contributed by atoms with E-state index in [1.807, 2.05) is 11.3 Å². The second-order valence-corrected chi connectivity index (χ2v) is 7.36. The normalized spacial score (nSPS) is 19.7. The highest BCUT2D eigenvalue weighted by molar-refractivity contribution is 7.18. The van der Waals surface area contributed by atoms with Crippen LogP contribution in [0, 0.1) is 0 Å². The van der Waals surface area contributed by atoms with Crippen molar-refractivity contribution in [1.82, 2.24) is 15.2 Å². The number of hydrogen-bond acceptors (Lipinski definition) is 4. The van der Waals surface area contributed by atoms with Crippen LogP contribution in [-0.4, -0.2) is 35.1 Å². The van der Waals surface area contributed by atoms with Gasteiger partial charge in [0.2, 0.25) is 0 Å². The van der Waals surface area contributed by atoms with Gasteiger partial charge in [0.25, 0.3) is 0 Å². The summed E-state index contributed by atoms with van der Waals surface area (Å²) in [4.78, 5) is 7.34. The minimum absolute atomic E-state index is 0.556. The maximum atomic E-state index is 4.78. The van der Waals surface area contributed by atoms with Gasteiger partial charge in [-0.3, -0.25) is 4.90 Å². The Kier molecular flexibility index (Phi) is 4.88. The molecule has 0 aliphatic carbocycles. The van der Waals surface area contributed by atoms with Crippen molar-refractivity contribution in [1.29, 1.82) is 0 Å². The van der Waals surface area contributed by atoms with Gasteiger partial charge in [0.1, 0.15) is 5.01 Å². The van der Waals surface area contributed by atoms with Crippen molar-refractivity contribution in [2.75, 3.05) is 13.1 Å². The zero-order valence-electron chi connectivity index (χ0n) is 13.0. The first-order valence-electron chi connectivity index (χ1n) is 8.04. The lowest BCUT2D eigenvalue weighted by Gasteiger charge is -2.32. The fourth-order valence-electron chi connectivity index (χ4n) is 2.98. The third-order valence-corrected chi connectivity index (χ3v) is 5.30. The summed E-state index contributed by atoms with van der Waals surface area (Å²) in [5, 5.41) is 4.89. The average molecular weight is 303 g/mol. The van der Waals surface area contributed by atoms with E-state index < -0.39 is 0 Å². The second kappa shape index (κ2) is 6.86. The number of aromatic nitrogens is 1. The van der Waals surface area contributed by atoms with Crippen LogP contribution in [0.1, 0.15) is 38.1 Å². The van der Waals surface area contributed by atoms with Crippen LogP contribution in [0.2, 0.25) is 0 Å². The maximum absolute atomic E-state index is 4.78. The van der Waals surface area contributed by atoms with Crippen LogP contribution in [0.5, 0.6) is 0 Å². The SMILES string of the molecule is CC(C)N(Cc1nc2ccccc2s1)CC1CCCCN1. The minimum Gasteiger partial charge on any atom is -0.313 e. The molecule has 1 aromatic heterocycles. The fraction of sp³-hybridized carbons (Fsp3) is 0.588. The topological polar surface area (TPSA) is 28.2 Å². The Morgan fingerprint density at radius 1 is 1.33 bits per heavy atom. The molecule has 1 fully saturated rings. The molecule has 1 aromatic carbocycles. The molecule has 3 rings (SSSR count). The number of nitrogens with one attached hydrogen (secondary N) is 1. The van der Waals surface area contributed by atoms with E-state index in [9.17, 15) is 0 Å². The molecule has 1 saturated heterocycles. The zero-order valence-corrected chi connectivity index (χ0v) is 13.8. The van der Waals surface area contributed by atoms with Gasteiger partial charge in [-0.15, -0.1) is 11.3 Å². The summed E-state index contributed by atoms with van der Waals surface area (Å²) in [7, 11) is 0. The lowest BCUT2D eigenvalue weighted by molar-refractivity contribution is 0.177. The van der Waals surface area contributed by atoms with E-state index in [-0.39, 0.29) is 0 Å². The van der Waals surface area contributed by atoms with Crippen LogP contribution in [0.25, 0.3) is 10.2 Å². The Hall–Kier alpha value is -0.970. The standard InChI is InChI=1S/C17H25N3S/c1-13(2)20(11-14-7-5-6-10-18-14)12-17-19-15-8-3-4-9-16(15)21-17/h3-4,8-9,13-14,18H,5-7,10-12H2,1-2H3. The highest BCUT2D eigenvalue weighted by Crippen LogP contribution is 2.23. The Morgan fingerprint density at radius 3 is 2.90 bits per heavy atom. The van der Waals surface area contributed by atoms with Crippen LogP contribution in [0.15, 0.2) is 24.3 Å². The minimum atomic E-state index is 0.556. The van der Waals surface area contributed by atoms with Gasteiger partial charge in [-0.05, 0) is 45.4 Å². The Balaban J connectivity index is 1.68. The third kappa shape index (κ3) is 3.82. The third-order valence-electron chi connectivity index (χ3n) is 4.27. The number of hydrogen-bond donors (Lipinski definition) is 1. The van der Waals surface area contributed by atoms with E-state index in [0.717, 1.165) is 18.6 Å². The predicted octanol–water partition coefficient (Wildman–Crippen LogP) is 3.65. The van der Waals surface area contributed by atoms with Gasteiger partial charge in [0.05, 0.1) is 16.8 Å². The van der Waals surface area contributed by atoms with Gasteiger partial charge in [0, 0.05) is 18.6 Å². The molecule has 1 atom stereocenters. The van der Waals surface area contributed by atoms with E-state index in [2.05, 4.69) is 48.3 Å². The molecule has 0 amide bonds. The number of piperidine rings is 1. The molecule has 0 spiro atoms. The largest absolute Gasteiger partial charge is 0.313 e. The molecule has 1 N–H and O–H groups in total. The van der Waals surface area contributed by atoms with E-state index in [4.69, 9.17) is 4.98 Å². The molecule has 114 valence electrons. The molecular weight excluding hydrogens is 278 g/mol. The molecule has 1 aliphatic rings. The summed E-state index contributed by atoms with van der Waals surface area (Å²) < 4.78 is 1.30. The second-order valence-electron chi connectivity index (χ2n) is 6.25. The van der Waals surface area contributed by atoms with Crippen molar-refractivity contribution in [2.45, 2.75) is 51.7 Å². The number of fused-ring (bicyclic) bond motifs is 1. The van der Waals surface area contributed by atoms with Gasteiger partial charge < -0.3 is 5.32 Å². The van der Waals surface area contributed by atoms with Gasteiger partial charge in [-0.1, -0.05) is 18.6 Å². The average Bonchev–Trinajstić information content (AvgIpc) is 2.90. The van der Waals surface area contributed by atoms with Crippen molar-refractivity contribution in [3.8, 4) is 0 Å². The lowest BCUT2D eigenvalue weighted by atomic mass is 10.0. The number of nitrogens with zero attached hydrogens (tertiary/aromatic N) is 2. The van der Waals surface area contributed by atoms with Crippen LogP contribution in [0.4, 0.5) is 0 Å². The maximum Gasteiger partial charge on any atom is 0.108 e. The first kappa shape index (κ1) is 14.9. The van der Waals surface area contributed by atoms with Crippen LogP contribution in [0.3, 0.4) is 0 Å². The number of para-hydroxylation sites is 1. The molecule has 0 radical (unpaired) electrons. The van der Waals surface area contributed by atoms with Gasteiger partial charge in [-0.2, -0.15) is 0 Å². The van der Waals surface area contributed by atoms with Crippen molar-refractivity contribution in [2.24, 2.45) is 0 Å². The highest BCUT2D eigenvalue weighted by Gasteiger charge is 2.19. The zero-order chi connectivity index (χ0) is 14.7. The number of thiazole rings is 1. The predicted molar refractivity (Wildman–Crippen MR) is 90.8 cm³/mol. The van der Waals surface area contributed by atoms with Crippen LogP contribution < -0.4 is 5.32 Å². The molecular formula is C17H25N3S. The summed E-state index contributed by atoms with van der Waals surface area (Å²) in [5.41, 5.74) is 1.14. The highest BCUT2D eigenvalue weighted by atomic mass is 32.1. The summed E-state index contributed by atoms with van der Waals surface area (Å²) in [6.07, 6.45) is 4.00. The lowest BCUT2D eigenvalue weighted by Crippen LogP contribution is -2.45. The van der Waals surface area contributed by atoms with Gasteiger partial charge >= 0.3 is 0 Å². The van der Waals surface area contributed by atoms with Crippen molar-refractivity contribution in [3.63, 3.8) is 0 Å². The molecule has 21 heavy (non-hydrogen) atoms. The van der Waals surface area contributed by atoms with E-state index >= 15 is 0 Å². The van der Waals surface area contributed by atoms with E-state index in [1.54, 1.807) is 0 Å². The van der Waals surface area contributed by atoms with Gasteiger partial charge in [-0.25, -0.2) is 4.98 Å². The van der Waals surface area contributed by atoms with Crippen molar-refractivity contribution >= 4 is 21.6 Å². The summed E-state index contributed by atoms with van der Waals surface area (Å²) in [6, 6.07) is 9.64. The first-order chi connectivity index (χ1) is 10.2. The smallest absolute Gasteiger partial charge is 0.108 e. The molecule has 3 nitrogen and oxygen atoms in total. The fourth-order valence-corrected chi connectivity index (χ4v) is 3.98. The molecule has 4 heteroatoms. The number of benzene rings is 1. The summed E-state index contributed by atoms with van der Waals surface area (Å²) in [6.45, 7) is 7.85. The molecule has 2 aromatic rings. The first-order valence-corrected chi connectivity index (χ1v) is 8.86. The molecule has 0 bridgehead atoms. The quantitative estimate of drug-likeness (QED) is 0.914. The Bertz CT molecular complexity index is 539.